The number of nitrogens with one attached hydrogen (secondary N) is 1. The molecule has 1 aromatic carbocycles. The third-order valence-corrected chi connectivity index (χ3v) is 3.81. The molecule has 0 bridgehead atoms. The van der Waals surface area contributed by atoms with Crippen molar-refractivity contribution in [3.8, 4) is 0 Å². The molecule has 90 valence electrons. The Balaban J connectivity index is 1.79. The van der Waals surface area contributed by atoms with Crippen LogP contribution in [0.25, 0.3) is 11.0 Å². The van der Waals surface area contributed by atoms with E-state index < -0.39 is 0 Å². The van der Waals surface area contributed by atoms with Gasteiger partial charge in [0.05, 0.1) is 17.2 Å². The molecule has 0 atom stereocenters. The van der Waals surface area contributed by atoms with Crippen LogP contribution in [0.4, 0.5) is 0 Å². The molecule has 3 nitrogen and oxygen atoms in total. The second kappa shape index (κ2) is 4.82. The summed E-state index contributed by atoms with van der Waals surface area (Å²) in [5.74, 6) is 0.930. The van der Waals surface area contributed by atoms with E-state index in [2.05, 4.69) is 46.1 Å². The van der Waals surface area contributed by atoms with Gasteiger partial charge in [-0.3, -0.25) is 4.98 Å². The molecule has 4 heteroatoms. The van der Waals surface area contributed by atoms with Gasteiger partial charge in [0.15, 0.2) is 5.16 Å². The fourth-order valence-electron chi connectivity index (χ4n) is 1.82. The lowest BCUT2D eigenvalue weighted by atomic mass is 10.1. The maximum absolute atomic E-state index is 4.52. The molecule has 0 unspecified atom stereocenters. The molecular weight excluding hydrogens is 242 g/mol. The van der Waals surface area contributed by atoms with Gasteiger partial charge in [-0.15, -0.1) is 0 Å². The number of benzene rings is 1. The average molecular weight is 255 g/mol. The largest absolute Gasteiger partial charge is 0.332 e. The number of H-pyrrole nitrogens is 1. The zero-order valence-electron chi connectivity index (χ0n) is 10.1. The van der Waals surface area contributed by atoms with E-state index in [4.69, 9.17) is 0 Å². The Morgan fingerprint density at radius 2 is 2.11 bits per heavy atom. The number of fused-ring (bicyclic) bond motifs is 1. The minimum absolute atomic E-state index is 0.930. The van der Waals surface area contributed by atoms with Crippen molar-refractivity contribution >= 4 is 22.8 Å². The van der Waals surface area contributed by atoms with Crippen LogP contribution in [-0.2, 0) is 5.75 Å². The van der Waals surface area contributed by atoms with Gasteiger partial charge in [0.1, 0.15) is 0 Å². The summed E-state index contributed by atoms with van der Waals surface area (Å²) in [4.78, 5) is 11.9. The van der Waals surface area contributed by atoms with E-state index in [9.17, 15) is 0 Å². The Morgan fingerprint density at radius 3 is 2.94 bits per heavy atom. The number of imidazole rings is 1. The fraction of sp³-hybridized carbons (Fsp3) is 0.143. The highest BCUT2D eigenvalue weighted by Gasteiger charge is 2.04. The molecule has 18 heavy (non-hydrogen) atoms. The molecule has 0 spiro atoms. The standard InChI is InChI=1S/C14H13N3S/c1-10-4-2-3-5-11(10)9-18-14-16-12-6-7-15-8-13(12)17-14/h2-8H,9H2,1H3,(H,16,17). The minimum atomic E-state index is 0.930. The molecule has 3 aromatic rings. The predicted octanol–water partition coefficient (Wildman–Crippen LogP) is 3.56. The van der Waals surface area contributed by atoms with Gasteiger partial charge in [-0.1, -0.05) is 36.0 Å². The highest BCUT2D eigenvalue weighted by atomic mass is 32.2. The molecule has 0 amide bonds. The second-order valence-corrected chi connectivity index (χ2v) is 5.11. The van der Waals surface area contributed by atoms with Crippen molar-refractivity contribution in [3.63, 3.8) is 0 Å². The molecule has 0 radical (unpaired) electrons. The third-order valence-electron chi connectivity index (χ3n) is 2.89. The number of nitrogens with zero attached hydrogens (tertiary/aromatic N) is 2. The fourth-order valence-corrected chi connectivity index (χ4v) is 2.78. The Kier molecular flexibility index (Phi) is 3.02. The smallest absolute Gasteiger partial charge is 0.166 e. The lowest BCUT2D eigenvalue weighted by Crippen LogP contribution is -1.85. The number of hydrogen-bond acceptors (Lipinski definition) is 3. The van der Waals surface area contributed by atoms with E-state index in [1.165, 1.54) is 11.1 Å². The molecule has 2 aromatic heterocycles. The zero-order chi connectivity index (χ0) is 12.4. The van der Waals surface area contributed by atoms with Crippen LogP contribution in [-0.4, -0.2) is 15.0 Å². The molecule has 1 N–H and O–H groups in total. The van der Waals surface area contributed by atoms with E-state index >= 15 is 0 Å². The number of aromatic nitrogens is 3. The summed E-state index contributed by atoms with van der Waals surface area (Å²) in [7, 11) is 0. The van der Waals surface area contributed by atoms with E-state index in [0.29, 0.717) is 0 Å². The number of aryl methyl sites for hydroxylation is 1. The average Bonchev–Trinajstić information content (AvgIpc) is 2.80. The predicted molar refractivity (Wildman–Crippen MR) is 74.6 cm³/mol. The first-order valence-electron chi connectivity index (χ1n) is 5.80. The minimum Gasteiger partial charge on any atom is -0.332 e. The monoisotopic (exact) mass is 255 g/mol. The van der Waals surface area contributed by atoms with Gasteiger partial charge in [-0.25, -0.2) is 4.98 Å². The van der Waals surface area contributed by atoms with Gasteiger partial charge < -0.3 is 4.98 Å². The van der Waals surface area contributed by atoms with Gasteiger partial charge in [0.2, 0.25) is 0 Å². The van der Waals surface area contributed by atoms with Crippen molar-refractivity contribution in [2.75, 3.05) is 0 Å². The Bertz CT molecular complexity index is 642. The number of hydrogen-bond donors (Lipinski definition) is 1. The van der Waals surface area contributed by atoms with E-state index in [1.807, 2.05) is 6.07 Å². The molecule has 3 rings (SSSR count). The second-order valence-electron chi connectivity index (χ2n) is 4.15. The van der Waals surface area contributed by atoms with Crippen LogP contribution < -0.4 is 0 Å². The number of rotatable bonds is 3. The third kappa shape index (κ3) is 2.24. The molecule has 0 aliphatic heterocycles. The highest BCUT2D eigenvalue weighted by molar-refractivity contribution is 7.98. The van der Waals surface area contributed by atoms with Crippen LogP contribution in [0.5, 0.6) is 0 Å². The quantitative estimate of drug-likeness (QED) is 0.728. The van der Waals surface area contributed by atoms with Gasteiger partial charge >= 0.3 is 0 Å². The molecule has 0 aliphatic rings. The molecule has 0 saturated heterocycles. The normalized spacial score (nSPS) is 10.9. The molecule has 0 fully saturated rings. The SMILES string of the molecule is Cc1ccccc1CSc1nc2ccncc2[nH]1. The summed E-state index contributed by atoms with van der Waals surface area (Å²) in [6.07, 6.45) is 3.57. The first-order valence-corrected chi connectivity index (χ1v) is 6.78. The van der Waals surface area contributed by atoms with Crippen LogP contribution in [0.2, 0.25) is 0 Å². The van der Waals surface area contributed by atoms with Gasteiger partial charge in [-0.05, 0) is 24.1 Å². The lowest BCUT2D eigenvalue weighted by molar-refractivity contribution is 1.08. The van der Waals surface area contributed by atoms with Crippen LogP contribution >= 0.6 is 11.8 Å². The maximum atomic E-state index is 4.52. The maximum Gasteiger partial charge on any atom is 0.166 e. The van der Waals surface area contributed by atoms with Crippen molar-refractivity contribution in [2.45, 2.75) is 17.8 Å². The first-order chi connectivity index (χ1) is 8.83. The van der Waals surface area contributed by atoms with Crippen LogP contribution in [0.1, 0.15) is 11.1 Å². The summed E-state index contributed by atoms with van der Waals surface area (Å²) in [5, 5.41) is 0.946. The van der Waals surface area contributed by atoms with Crippen LogP contribution in [0.3, 0.4) is 0 Å². The summed E-state index contributed by atoms with van der Waals surface area (Å²) in [6, 6.07) is 10.4. The van der Waals surface area contributed by atoms with Crippen molar-refractivity contribution in [3.05, 3.63) is 53.9 Å². The van der Waals surface area contributed by atoms with Gasteiger partial charge in [0.25, 0.3) is 0 Å². The highest BCUT2D eigenvalue weighted by Crippen LogP contribution is 2.23. The Hall–Kier alpha value is -1.81. The zero-order valence-corrected chi connectivity index (χ0v) is 10.9. The van der Waals surface area contributed by atoms with E-state index in [0.717, 1.165) is 21.9 Å². The summed E-state index contributed by atoms with van der Waals surface area (Å²) in [5.41, 5.74) is 4.63. The molecule has 2 heterocycles. The van der Waals surface area contributed by atoms with Crippen molar-refractivity contribution in [2.24, 2.45) is 0 Å². The van der Waals surface area contributed by atoms with Gasteiger partial charge in [-0.2, -0.15) is 0 Å². The number of aromatic amines is 1. The summed E-state index contributed by atoms with van der Waals surface area (Å²) in [6.45, 7) is 2.14. The molecular formula is C14H13N3S. The van der Waals surface area contributed by atoms with E-state index in [1.54, 1.807) is 24.2 Å². The Morgan fingerprint density at radius 1 is 1.22 bits per heavy atom. The molecule has 0 aliphatic carbocycles. The van der Waals surface area contributed by atoms with Crippen molar-refractivity contribution in [1.82, 2.24) is 15.0 Å². The topological polar surface area (TPSA) is 41.6 Å². The van der Waals surface area contributed by atoms with Gasteiger partial charge in [0, 0.05) is 11.9 Å². The summed E-state index contributed by atoms with van der Waals surface area (Å²) < 4.78 is 0. The Labute approximate surface area is 110 Å². The van der Waals surface area contributed by atoms with Crippen LogP contribution in [0, 0.1) is 6.92 Å². The van der Waals surface area contributed by atoms with E-state index in [-0.39, 0.29) is 0 Å². The lowest BCUT2D eigenvalue weighted by Gasteiger charge is -2.02. The number of pyridine rings is 1. The van der Waals surface area contributed by atoms with Crippen molar-refractivity contribution < 1.29 is 0 Å². The van der Waals surface area contributed by atoms with Crippen molar-refractivity contribution in [1.29, 1.82) is 0 Å². The first kappa shape index (κ1) is 11.3. The molecule has 0 saturated carbocycles. The van der Waals surface area contributed by atoms with Crippen LogP contribution in [0.15, 0.2) is 47.9 Å². The number of thioether (sulfide) groups is 1. The summed E-state index contributed by atoms with van der Waals surface area (Å²) >= 11 is 1.72.